The van der Waals surface area contributed by atoms with E-state index in [2.05, 4.69) is 10.6 Å². The zero-order valence-electron chi connectivity index (χ0n) is 15.3. The number of benzene rings is 1. The van der Waals surface area contributed by atoms with Gasteiger partial charge in [0.25, 0.3) is 5.91 Å². The predicted molar refractivity (Wildman–Crippen MR) is 99.0 cm³/mol. The van der Waals surface area contributed by atoms with Crippen LogP contribution in [-0.2, 0) is 21.2 Å². The van der Waals surface area contributed by atoms with Crippen molar-refractivity contribution >= 4 is 21.7 Å². The minimum absolute atomic E-state index is 0.00709. The molecule has 25 heavy (non-hydrogen) atoms. The number of carbonyl (C=O) groups is 2. The van der Waals surface area contributed by atoms with Crippen molar-refractivity contribution in [3.63, 3.8) is 0 Å². The van der Waals surface area contributed by atoms with Crippen molar-refractivity contribution < 1.29 is 18.0 Å². The van der Waals surface area contributed by atoms with Gasteiger partial charge in [-0.25, -0.2) is 8.42 Å². The lowest BCUT2D eigenvalue weighted by molar-refractivity contribution is -0.120. The van der Waals surface area contributed by atoms with Crippen molar-refractivity contribution in [2.24, 2.45) is 0 Å². The van der Waals surface area contributed by atoms with E-state index in [0.717, 1.165) is 12.0 Å². The lowest BCUT2D eigenvalue weighted by atomic mass is 10.1. The molecular formula is C18H28N2O4S. The maximum atomic E-state index is 12.1. The number of hydrogen-bond donors (Lipinski definition) is 2. The van der Waals surface area contributed by atoms with Crippen molar-refractivity contribution in [2.75, 3.05) is 5.75 Å². The molecule has 140 valence electrons. The smallest absolute Gasteiger partial charge is 0.251 e. The summed E-state index contributed by atoms with van der Waals surface area (Å²) in [6.45, 7) is 7.26. The second-order valence-electron chi connectivity index (χ2n) is 6.21. The normalized spacial score (nSPS) is 13.8. The first-order valence-corrected chi connectivity index (χ1v) is 10.3. The van der Waals surface area contributed by atoms with E-state index in [1.807, 2.05) is 13.8 Å². The fourth-order valence-corrected chi connectivity index (χ4v) is 3.52. The van der Waals surface area contributed by atoms with Gasteiger partial charge in [0.2, 0.25) is 5.91 Å². The van der Waals surface area contributed by atoms with Gasteiger partial charge < -0.3 is 10.6 Å². The van der Waals surface area contributed by atoms with Crippen molar-refractivity contribution in [3.05, 3.63) is 35.4 Å². The van der Waals surface area contributed by atoms with Crippen molar-refractivity contribution in [1.82, 2.24) is 10.6 Å². The van der Waals surface area contributed by atoms with Crippen LogP contribution >= 0.6 is 0 Å². The Morgan fingerprint density at radius 2 is 1.84 bits per heavy atom. The van der Waals surface area contributed by atoms with E-state index in [1.54, 1.807) is 31.2 Å². The van der Waals surface area contributed by atoms with E-state index in [0.29, 0.717) is 12.0 Å². The molecule has 0 aliphatic heterocycles. The van der Waals surface area contributed by atoms with Crippen LogP contribution in [0.5, 0.6) is 0 Å². The Morgan fingerprint density at radius 3 is 2.44 bits per heavy atom. The van der Waals surface area contributed by atoms with E-state index in [-0.39, 0.29) is 24.2 Å². The van der Waals surface area contributed by atoms with Crippen molar-refractivity contribution in [1.29, 1.82) is 0 Å². The van der Waals surface area contributed by atoms with Crippen LogP contribution in [0, 0.1) is 0 Å². The van der Waals surface area contributed by atoms with Crippen LogP contribution in [0.3, 0.4) is 0 Å². The maximum Gasteiger partial charge on any atom is 0.251 e. The first-order chi connectivity index (χ1) is 11.7. The summed E-state index contributed by atoms with van der Waals surface area (Å²) in [5.74, 6) is -0.698. The molecule has 2 N–H and O–H groups in total. The molecular weight excluding hydrogens is 340 g/mol. The largest absolute Gasteiger partial charge is 0.351 e. The highest BCUT2D eigenvalue weighted by atomic mass is 32.2. The summed E-state index contributed by atoms with van der Waals surface area (Å²) in [7, 11) is -3.43. The van der Waals surface area contributed by atoms with Gasteiger partial charge in [0.05, 0.1) is 5.75 Å². The van der Waals surface area contributed by atoms with Crippen LogP contribution in [-0.4, -0.2) is 37.3 Å². The van der Waals surface area contributed by atoms with Crippen LogP contribution in [0.2, 0.25) is 0 Å². The topological polar surface area (TPSA) is 92.3 Å². The van der Waals surface area contributed by atoms with Gasteiger partial charge in [-0.05, 0) is 44.4 Å². The maximum absolute atomic E-state index is 12.1. The first kappa shape index (κ1) is 21.2. The molecule has 1 aromatic rings. The summed E-state index contributed by atoms with van der Waals surface area (Å²) >= 11 is 0. The van der Waals surface area contributed by atoms with E-state index in [9.17, 15) is 18.0 Å². The third kappa shape index (κ3) is 6.49. The number of nitrogens with one attached hydrogen (secondary N) is 2. The Labute approximate surface area is 150 Å². The predicted octanol–water partition coefficient (Wildman–Crippen LogP) is 2.04. The zero-order valence-corrected chi connectivity index (χ0v) is 16.2. The van der Waals surface area contributed by atoms with Gasteiger partial charge in [-0.3, -0.25) is 9.59 Å². The molecule has 0 saturated carbocycles. The highest BCUT2D eigenvalue weighted by Crippen LogP contribution is 2.08. The van der Waals surface area contributed by atoms with Crippen LogP contribution in [0.4, 0.5) is 0 Å². The number of sulfone groups is 1. The van der Waals surface area contributed by atoms with Gasteiger partial charge >= 0.3 is 0 Å². The number of rotatable bonds is 9. The molecule has 0 saturated heterocycles. The highest BCUT2D eigenvalue weighted by Gasteiger charge is 2.26. The molecule has 0 heterocycles. The molecule has 2 atom stereocenters. The quantitative estimate of drug-likeness (QED) is 0.698. The summed E-state index contributed by atoms with van der Waals surface area (Å²) in [5.41, 5.74) is 1.25. The SMILES string of the molecule is CCCS(=O)(=O)C(C)C(=O)NCc1cccc(C(=O)NC(C)CC)c1. The molecule has 2 unspecified atom stereocenters. The summed E-state index contributed by atoms with van der Waals surface area (Å²) in [4.78, 5) is 24.2. The third-order valence-electron chi connectivity index (χ3n) is 4.04. The lowest BCUT2D eigenvalue weighted by Crippen LogP contribution is -2.38. The molecule has 1 rings (SSSR count). The number of amides is 2. The van der Waals surface area contributed by atoms with E-state index in [1.165, 1.54) is 6.92 Å². The summed E-state index contributed by atoms with van der Waals surface area (Å²) < 4.78 is 23.9. The Balaban J connectivity index is 2.71. The summed E-state index contributed by atoms with van der Waals surface area (Å²) in [6, 6.07) is 7.01. The van der Waals surface area contributed by atoms with Crippen LogP contribution in [0.15, 0.2) is 24.3 Å². The van der Waals surface area contributed by atoms with Crippen LogP contribution in [0.25, 0.3) is 0 Å². The fourth-order valence-electron chi connectivity index (χ4n) is 2.19. The average Bonchev–Trinajstić information content (AvgIpc) is 2.58. The molecule has 6 nitrogen and oxygen atoms in total. The molecule has 0 bridgehead atoms. The number of hydrogen-bond acceptors (Lipinski definition) is 4. The Morgan fingerprint density at radius 1 is 1.16 bits per heavy atom. The molecule has 0 aromatic heterocycles. The van der Waals surface area contributed by atoms with Crippen LogP contribution < -0.4 is 10.6 Å². The summed E-state index contributed by atoms with van der Waals surface area (Å²) in [5, 5.41) is 4.44. The lowest BCUT2D eigenvalue weighted by Gasteiger charge is -2.14. The fraction of sp³-hybridized carbons (Fsp3) is 0.556. The third-order valence-corrected chi connectivity index (χ3v) is 6.31. The second-order valence-corrected chi connectivity index (χ2v) is 8.65. The second kappa shape index (κ2) is 9.56. The molecule has 0 aliphatic carbocycles. The highest BCUT2D eigenvalue weighted by molar-refractivity contribution is 7.92. The molecule has 0 fully saturated rings. The molecule has 0 spiro atoms. The number of carbonyl (C=O) groups excluding carboxylic acids is 2. The minimum atomic E-state index is -3.43. The van der Waals surface area contributed by atoms with Gasteiger partial charge in [-0.1, -0.05) is 26.0 Å². The monoisotopic (exact) mass is 368 g/mol. The Hall–Kier alpha value is -1.89. The van der Waals surface area contributed by atoms with Gasteiger partial charge in [0, 0.05) is 18.2 Å². The van der Waals surface area contributed by atoms with E-state index >= 15 is 0 Å². The van der Waals surface area contributed by atoms with Crippen LogP contribution in [0.1, 0.15) is 56.5 Å². The van der Waals surface area contributed by atoms with Crippen molar-refractivity contribution in [2.45, 2.75) is 58.4 Å². The Kier molecular flexibility index (Phi) is 8.09. The Bertz CT molecular complexity index is 701. The van der Waals surface area contributed by atoms with E-state index < -0.39 is 21.0 Å². The first-order valence-electron chi connectivity index (χ1n) is 8.60. The zero-order chi connectivity index (χ0) is 19.0. The van der Waals surface area contributed by atoms with E-state index in [4.69, 9.17) is 0 Å². The summed E-state index contributed by atoms with van der Waals surface area (Å²) in [6.07, 6.45) is 1.32. The molecule has 0 aliphatic rings. The molecule has 1 aromatic carbocycles. The molecule has 7 heteroatoms. The molecule has 2 amide bonds. The minimum Gasteiger partial charge on any atom is -0.351 e. The van der Waals surface area contributed by atoms with Gasteiger partial charge in [-0.2, -0.15) is 0 Å². The average molecular weight is 368 g/mol. The van der Waals surface area contributed by atoms with Gasteiger partial charge in [0.1, 0.15) is 5.25 Å². The molecule has 0 radical (unpaired) electrons. The van der Waals surface area contributed by atoms with Crippen molar-refractivity contribution in [3.8, 4) is 0 Å². The van der Waals surface area contributed by atoms with Gasteiger partial charge in [0.15, 0.2) is 9.84 Å². The standard InChI is InChI=1S/C18H28N2O4S/c1-5-10-25(23,24)14(4)17(21)19-12-15-8-7-9-16(11-15)18(22)20-13(3)6-2/h7-9,11,13-14H,5-6,10,12H2,1-4H3,(H,19,21)(H,20,22). The van der Waals surface area contributed by atoms with Gasteiger partial charge in [-0.15, -0.1) is 0 Å².